The van der Waals surface area contributed by atoms with Crippen LogP contribution >= 0.6 is 11.6 Å². The Morgan fingerprint density at radius 1 is 1.00 bits per heavy atom. The summed E-state index contributed by atoms with van der Waals surface area (Å²) >= 11 is 5.84. The number of carbonyl (C=O) groups excluding carboxylic acids is 1. The fourth-order valence-corrected chi connectivity index (χ4v) is 5.01. The quantitative estimate of drug-likeness (QED) is 0.215. The van der Waals surface area contributed by atoms with Crippen LogP contribution in [-0.2, 0) is 23.0 Å². The molecule has 0 bridgehead atoms. The van der Waals surface area contributed by atoms with Gasteiger partial charge in [0.1, 0.15) is 16.3 Å². The summed E-state index contributed by atoms with van der Waals surface area (Å²) < 4.78 is 42.6. The van der Waals surface area contributed by atoms with E-state index < -0.39 is 32.1 Å². The Morgan fingerprint density at radius 3 is 2.41 bits per heavy atom. The number of rotatable bonds is 8. The predicted octanol–water partition coefficient (Wildman–Crippen LogP) is 3.18. The first-order valence-electron chi connectivity index (χ1n) is 10.9. The van der Waals surface area contributed by atoms with Crippen LogP contribution in [0.1, 0.15) is 21.5 Å². The van der Waals surface area contributed by atoms with Gasteiger partial charge in [0.05, 0.1) is 10.9 Å². The van der Waals surface area contributed by atoms with Crippen LogP contribution in [-0.4, -0.2) is 36.1 Å². The Hall–Kier alpha value is -3.93. The maximum Gasteiger partial charge on any atom is 0.257 e. The molecule has 0 radical (unpaired) electrons. The van der Waals surface area contributed by atoms with Crippen LogP contribution in [0.4, 0.5) is 4.39 Å². The fraction of sp³-hybridized carbons (Fsp3) is 0.120. The third-order valence-electron chi connectivity index (χ3n) is 5.56. The number of benzene rings is 3. The number of amides is 1. The van der Waals surface area contributed by atoms with E-state index in [1.807, 2.05) is 0 Å². The number of sulfonamides is 1. The molecule has 1 amide bonds. The van der Waals surface area contributed by atoms with E-state index >= 15 is 0 Å². The number of hydrogen-bond acceptors (Lipinski definition) is 6. The van der Waals surface area contributed by atoms with Crippen LogP contribution in [0.3, 0.4) is 0 Å². The molecule has 0 spiro atoms. The van der Waals surface area contributed by atoms with Crippen molar-refractivity contribution in [2.24, 2.45) is 0 Å². The van der Waals surface area contributed by atoms with Gasteiger partial charge in [-0.15, -0.1) is 0 Å². The van der Waals surface area contributed by atoms with Gasteiger partial charge in [0.2, 0.25) is 15.5 Å². The fourth-order valence-electron chi connectivity index (χ4n) is 3.66. The highest BCUT2D eigenvalue weighted by Gasteiger charge is 2.22. The third-order valence-corrected chi connectivity index (χ3v) is 7.30. The summed E-state index contributed by atoms with van der Waals surface area (Å²) in [6.45, 7) is -0.00103. The lowest BCUT2D eigenvalue weighted by Crippen LogP contribution is -2.29. The van der Waals surface area contributed by atoms with Crippen molar-refractivity contribution in [3.05, 3.63) is 98.5 Å². The van der Waals surface area contributed by atoms with Crippen molar-refractivity contribution < 1.29 is 27.8 Å². The van der Waals surface area contributed by atoms with Gasteiger partial charge in [-0.25, -0.2) is 17.5 Å². The Balaban J connectivity index is 1.56. The number of halogens is 2. The van der Waals surface area contributed by atoms with E-state index in [2.05, 4.69) is 15.0 Å². The Labute approximate surface area is 215 Å². The SMILES string of the molecule is O=C(NCc1ccc(Cl)cc1)c1c[nH]c2c(S(=O)(=O)NCCc3ccc(O)c(O)c3)cc(F)cc2c1=O. The molecule has 192 valence electrons. The van der Waals surface area contributed by atoms with E-state index in [1.165, 1.54) is 18.2 Å². The Morgan fingerprint density at radius 2 is 1.70 bits per heavy atom. The number of carbonyl (C=O) groups is 1. The molecule has 37 heavy (non-hydrogen) atoms. The molecule has 0 saturated carbocycles. The molecule has 0 aliphatic rings. The molecule has 12 heteroatoms. The number of pyridine rings is 1. The number of phenols is 2. The van der Waals surface area contributed by atoms with Crippen molar-refractivity contribution in [3.8, 4) is 11.5 Å². The van der Waals surface area contributed by atoms with Gasteiger partial charge in [0.25, 0.3) is 5.91 Å². The number of fused-ring (bicyclic) bond motifs is 1. The van der Waals surface area contributed by atoms with E-state index in [4.69, 9.17) is 11.6 Å². The molecule has 1 heterocycles. The van der Waals surface area contributed by atoms with Crippen LogP contribution in [0.5, 0.6) is 11.5 Å². The second-order valence-corrected chi connectivity index (χ2v) is 10.3. The highest BCUT2D eigenvalue weighted by Crippen LogP contribution is 2.25. The molecule has 5 N–H and O–H groups in total. The number of aromatic hydroxyl groups is 2. The predicted molar refractivity (Wildman–Crippen MR) is 136 cm³/mol. The molecule has 0 aliphatic carbocycles. The van der Waals surface area contributed by atoms with Crippen LogP contribution in [0, 0.1) is 5.82 Å². The standard InChI is InChI=1S/C25H21ClFN3O6S/c26-16-4-1-15(2-5-16)12-29-25(34)19-13-28-23-18(24(19)33)10-17(27)11-22(23)37(35,36)30-8-7-14-3-6-20(31)21(32)9-14/h1-6,9-11,13,30-32H,7-8,12H2,(H,28,33)(H,29,34). The summed E-state index contributed by atoms with van der Waals surface area (Å²) in [6.07, 6.45) is 1.24. The maximum atomic E-state index is 14.4. The monoisotopic (exact) mass is 545 g/mol. The molecule has 0 aliphatic heterocycles. The van der Waals surface area contributed by atoms with Crippen LogP contribution < -0.4 is 15.5 Å². The smallest absolute Gasteiger partial charge is 0.257 e. The molecule has 4 aromatic rings. The molecule has 0 fully saturated rings. The topological polar surface area (TPSA) is 149 Å². The van der Waals surface area contributed by atoms with Gasteiger partial charge in [-0.3, -0.25) is 9.59 Å². The van der Waals surface area contributed by atoms with Gasteiger partial charge in [0.15, 0.2) is 11.5 Å². The van der Waals surface area contributed by atoms with Crippen LogP contribution in [0.2, 0.25) is 5.02 Å². The first-order valence-corrected chi connectivity index (χ1v) is 12.8. The minimum absolute atomic E-state index is 0.110. The highest BCUT2D eigenvalue weighted by atomic mass is 35.5. The van der Waals surface area contributed by atoms with Crippen LogP contribution in [0.25, 0.3) is 10.9 Å². The van der Waals surface area contributed by atoms with Crippen molar-refractivity contribution in [2.45, 2.75) is 17.9 Å². The molecule has 1 aromatic heterocycles. The van der Waals surface area contributed by atoms with Crippen molar-refractivity contribution in [1.29, 1.82) is 0 Å². The largest absolute Gasteiger partial charge is 0.504 e. The highest BCUT2D eigenvalue weighted by molar-refractivity contribution is 7.89. The van der Waals surface area contributed by atoms with Crippen LogP contribution in [0.15, 0.2) is 70.5 Å². The summed E-state index contributed by atoms with van der Waals surface area (Å²) in [5.74, 6) is -2.35. The molecule has 4 rings (SSSR count). The van der Waals surface area contributed by atoms with Gasteiger partial charge >= 0.3 is 0 Å². The van der Waals surface area contributed by atoms with E-state index in [0.29, 0.717) is 10.6 Å². The summed E-state index contributed by atoms with van der Waals surface area (Å²) in [4.78, 5) is 27.8. The lowest BCUT2D eigenvalue weighted by atomic mass is 10.1. The zero-order valence-electron chi connectivity index (χ0n) is 19.1. The Kier molecular flexibility index (Phi) is 7.48. The summed E-state index contributed by atoms with van der Waals surface area (Å²) in [5, 5.41) is 21.8. The Bertz CT molecular complexity index is 1660. The van der Waals surface area contributed by atoms with Crippen molar-refractivity contribution in [1.82, 2.24) is 15.0 Å². The average Bonchev–Trinajstić information content (AvgIpc) is 2.85. The number of H-pyrrole nitrogens is 1. The van der Waals surface area contributed by atoms with Gasteiger partial charge in [0, 0.05) is 24.3 Å². The molecule has 0 saturated heterocycles. The first-order chi connectivity index (χ1) is 17.5. The van der Waals surface area contributed by atoms with E-state index in [0.717, 1.165) is 23.9 Å². The van der Waals surface area contributed by atoms with E-state index in [1.54, 1.807) is 24.3 Å². The van der Waals surface area contributed by atoms with Gasteiger partial charge in [-0.05, 0) is 53.9 Å². The molecular formula is C25H21ClFN3O6S. The summed E-state index contributed by atoms with van der Waals surface area (Å²) in [5.41, 5.74) is -0.0171. The average molecular weight is 546 g/mol. The van der Waals surface area contributed by atoms with Gasteiger partial charge in [-0.2, -0.15) is 0 Å². The van der Waals surface area contributed by atoms with E-state index in [9.17, 15) is 32.6 Å². The molecular weight excluding hydrogens is 525 g/mol. The minimum Gasteiger partial charge on any atom is -0.504 e. The number of aromatic nitrogens is 1. The first kappa shape index (κ1) is 26.1. The number of nitrogens with one attached hydrogen (secondary N) is 3. The zero-order valence-corrected chi connectivity index (χ0v) is 20.7. The summed E-state index contributed by atoms with van der Waals surface area (Å²) in [6, 6.07) is 12.4. The second-order valence-electron chi connectivity index (χ2n) is 8.14. The molecule has 0 atom stereocenters. The second kappa shape index (κ2) is 10.6. The maximum absolute atomic E-state index is 14.4. The third kappa shape index (κ3) is 5.91. The van der Waals surface area contributed by atoms with E-state index in [-0.39, 0.29) is 47.5 Å². The van der Waals surface area contributed by atoms with Crippen molar-refractivity contribution in [2.75, 3.05) is 6.54 Å². The number of phenolic OH excluding ortho intramolecular Hbond substituents is 2. The molecule has 3 aromatic carbocycles. The van der Waals surface area contributed by atoms with Gasteiger partial charge in [-0.1, -0.05) is 29.8 Å². The summed E-state index contributed by atoms with van der Waals surface area (Å²) in [7, 11) is -4.28. The molecule has 9 nitrogen and oxygen atoms in total. The van der Waals surface area contributed by atoms with Crippen molar-refractivity contribution in [3.63, 3.8) is 0 Å². The zero-order chi connectivity index (χ0) is 26.7. The van der Waals surface area contributed by atoms with Gasteiger partial charge < -0.3 is 20.5 Å². The molecule has 0 unspecified atom stereocenters. The lowest BCUT2D eigenvalue weighted by molar-refractivity contribution is 0.0949. The normalized spacial score (nSPS) is 11.5. The minimum atomic E-state index is -4.28. The lowest BCUT2D eigenvalue weighted by Gasteiger charge is -2.11. The van der Waals surface area contributed by atoms with Crippen molar-refractivity contribution >= 4 is 38.4 Å². The number of aromatic amines is 1. The number of hydrogen-bond donors (Lipinski definition) is 5.